The van der Waals surface area contributed by atoms with Crippen molar-refractivity contribution in [3.63, 3.8) is 0 Å². The number of aryl methyl sites for hydroxylation is 2. The summed E-state index contributed by atoms with van der Waals surface area (Å²) < 4.78 is 0. The van der Waals surface area contributed by atoms with Crippen LogP contribution in [0.4, 0.5) is 11.4 Å². The van der Waals surface area contributed by atoms with Crippen LogP contribution in [0.2, 0.25) is 0 Å². The van der Waals surface area contributed by atoms with E-state index in [4.69, 9.17) is 0 Å². The molecule has 1 aliphatic rings. The van der Waals surface area contributed by atoms with Gasteiger partial charge in [-0.15, -0.1) is 0 Å². The molecule has 3 aromatic rings. The summed E-state index contributed by atoms with van der Waals surface area (Å²) in [7, 11) is 0. The van der Waals surface area contributed by atoms with Gasteiger partial charge in [-0.05, 0) is 51.8 Å². The van der Waals surface area contributed by atoms with Crippen LogP contribution >= 0.6 is 0 Å². The van der Waals surface area contributed by atoms with Gasteiger partial charge in [0.15, 0.2) is 11.4 Å². The van der Waals surface area contributed by atoms with Crippen LogP contribution in [0, 0.1) is 19.8 Å². The second-order valence-electron chi connectivity index (χ2n) is 7.84. The van der Waals surface area contributed by atoms with E-state index < -0.39 is 0 Å². The molecule has 7 nitrogen and oxygen atoms in total. The molecule has 1 aliphatic heterocycles. The highest BCUT2D eigenvalue weighted by Gasteiger charge is 2.26. The summed E-state index contributed by atoms with van der Waals surface area (Å²) in [6.07, 6.45) is 3.55. The minimum atomic E-state index is -0.138. The average molecular weight is 403 g/mol. The Balaban J connectivity index is 1.49. The predicted octanol–water partition coefficient (Wildman–Crippen LogP) is 3.70. The van der Waals surface area contributed by atoms with Gasteiger partial charge in [0.25, 0.3) is 0 Å². The van der Waals surface area contributed by atoms with Crippen LogP contribution in [0.3, 0.4) is 0 Å². The van der Waals surface area contributed by atoms with Crippen LogP contribution in [-0.2, 0) is 4.79 Å². The second kappa shape index (κ2) is 8.18. The van der Waals surface area contributed by atoms with Crippen LogP contribution in [-0.4, -0.2) is 39.7 Å². The number of nitrogens with zero attached hydrogens (tertiary/aromatic N) is 4. The average Bonchev–Trinajstić information content (AvgIpc) is 2.74. The Morgan fingerprint density at radius 3 is 2.73 bits per heavy atom. The molecule has 0 saturated carbocycles. The molecule has 4 rings (SSSR count). The van der Waals surface area contributed by atoms with Crippen LogP contribution < -0.4 is 10.2 Å². The van der Waals surface area contributed by atoms with Gasteiger partial charge in [-0.25, -0.2) is 15.0 Å². The number of ketones is 1. The highest BCUT2D eigenvalue weighted by molar-refractivity contribution is 5.97. The Morgan fingerprint density at radius 2 is 1.93 bits per heavy atom. The number of hydrogen-bond acceptors (Lipinski definition) is 6. The zero-order chi connectivity index (χ0) is 21.3. The molecule has 1 saturated heterocycles. The number of carbonyl (C=O) groups excluding carboxylic acids is 2. The number of fused-ring (bicyclic) bond motifs is 1. The minimum Gasteiger partial charge on any atom is -0.369 e. The molecule has 0 spiro atoms. The standard InChI is InChI=1S/C23H25N5O2/c1-14-15(2)26-22-21(25-14)11-20(12-24-22)28-9-5-7-18(13-28)23(30)27-19-8-4-6-17(10-19)16(3)29/h4,6,8,10-12,18H,5,7,9,13H2,1-3H3,(H,27,30). The first kappa shape index (κ1) is 19.9. The third-order valence-corrected chi connectivity index (χ3v) is 5.61. The van der Waals surface area contributed by atoms with E-state index in [0.29, 0.717) is 23.4 Å². The Labute approximate surface area is 175 Å². The molecule has 0 radical (unpaired) electrons. The number of hydrogen-bond donors (Lipinski definition) is 1. The number of rotatable bonds is 4. The largest absolute Gasteiger partial charge is 0.369 e. The zero-order valence-corrected chi connectivity index (χ0v) is 17.5. The Morgan fingerprint density at radius 1 is 1.13 bits per heavy atom. The monoisotopic (exact) mass is 403 g/mol. The lowest BCUT2D eigenvalue weighted by Crippen LogP contribution is -2.40. The molecule has 154 valence electrons. The molecular formula is C23H25N5O2. The zero-order valence-electron chi connectivity index (χ0n) is 17.5. The SMILES string of the molecule is CC(=O)c1cccc(NC(=O)C2CCCN(c3cnc4nc(C)c(C)nc4c3)C2)c1. The lowest BCUT2D eigenvalue weighted by atomic mass is 9.96. The quantitative estimate of drug-likeness (QED) is 0.668. The van der Waals surface area contributed by atoms with Crippen LogP contribution in [0.5, 0.6) is 0 Å². The van der Waals surface area contributed by atoms with Gasteiger partial charge in [-0.2, -0.15) is 0 Å². The molecule has 1 amide bonds. The number of Topliss-reactive ketones (excluding diaryl/α,β-unsaturated/α-hetero) is 1. The first-order chi connectivity index (χ1) is 14.4. The van der Waals surface area contributed by atoms with Crippen molar-refractivity contribution >= 4 is 34.2 Å². The highest BCUT2D eigenvalue weighted by atomic mass is 16.2. The van der Waals surface area contributed by atoms with Gasteiger partial charge in [0.05, 0.1) is 29.2 Å². The maximum atomic E-state index is 12.9. The molecule has 1 unspecified atom stereocenters. The highest BCUT2D eigenvalue weighted by Crippen LogP contribution is 2.26. The maximum Gasteiger partial charge on any atom is 0.229 e. The number of nitrogens with one attached hydrogen (secondary N) is 1. The number of aromatic nitrogens is 3. The fourth-order valence-electron chi connectivity index (χ4n) is 3.76. The molecule has 1 fully saturated rings. The molecular weight excluding hydrogens is 378 g/mol. The van der Waals surface area contributed by atoms with E-state index in [1.807, 2.05) is 26.1 Å². The summed E-state index contributed by atoms with van der Waals surface area (Å²) >= 11 is 0. The number of carbonyl (C=O) groups is 2. The third-order valence-electron chi connectivity index (χ3n) is 5.61. The fraction of sp³-hybridized carbons (Fsp3) is 0.348. The molecule has 1 aromatic carbocycles. The van der Waals surface area contributed by atoms with Crippen molar-refractivity contribution in [2.75, 3.05) is 23.3 Å². The minimum absolute atomic E-state index is 0.0210. The van der Waals surface area contributed by atoms with Crippen LogP contribution in [0.25, 0.3) is 11.2 Å². The smallest absolute Gasteiger partial charge is 0.229 e. The molecule has 2 aromatic heterocycles. The number of amides is 1. The van der Waals surface area contributed by atoms with Crippen molar-refractivity contribution in [3.8, 4) is 0 Å². The van der Waals surface area contributed by atoms with Gasteiger partial charge < -0.3 is 10.2 Å². The van der Waals surface area contributed by atoms with Gasteiger partial charge in [0.2, 0.25) is 5.91 Å². The van der Waals surface area contributed by atoms with Crippen LogP contribution in [0.1, 0.15) is 41.5 Å². The van der Waals surface area contributed by atoms with E-state index in [2.05, 4.69) is 25.2 Å². The Hall–Kier alpha value is -3.35. The van der Waals surface area contributed by atoms with Gasteiger partial charge >= 0.3 is 0 Å². The summed E-state index contributed by atoms with van der Waals surface area (Å²) in [5.41, 5.74) is 5.37. The number of anilines is 2. The van der Waals surface area contributed by atoms with E-state index >= 15 is 0 Å². The molecule has 1 atom stereocenters. The van der Waals surface area contributed by atoms with E-state index in [1.54, 1.807) is 24.3 Å². The van der Waals surface area contributed by atoms with E-state index in [9.17, 15) is 9.59 Å². The van der Waals surface area contributed by atoms with Crippen molar-refractivity contribution in [1.82, 2.24) is 15.0 Å². The fourth-order valence-corrected chi connectivity index (χ4v) is 3.76. The maximum absolute atomic E-state index is 12.9. The van der Waals surface area contributed by atoms with Crippen molar-refractivity contribution < 1.29 is 9.59 Å². The van der Waals surface area contributed by atoms with Gasteiger partial charge in [0.1, 0.15) is 5.52 Å². The van der Waals surface area contributed by atoms with E-state index in [-0.39, 0.29) is 17.6 Å². The summed E-state index contributed by atoms with van der Waals surface area (Å²) in [4.78, 5) is 40.2. The molecule has 30 heavy (non-hydrogen) atoms. The normalized spacial score (nSPS) is 16.5. The lowest BCUT2D eigenvalue weighted by Gasteiger charge is -2.33. The first-order valence-corrected chi connectivity index (χ1v) is 10.2. The van der Waals surface area contributed by atoms with Crippen molar-refractivity contribution in [2.45, 2.75) is 33.6 Å². The van der Waals surface area contributed by atoms with Gasteiger partial charge in [-0.3, -0.25) is 9.59 Å². The Kier molecular flexibility index (Phi) is 5.44. The summed E-state index contributed by atoms with van der Waals surface area (Å²) in [5.74, 6) is -0.186. The number of piperidine rings is 1. The van der Waals surface area contributed by atoms with E-state index in [0.717, 1.165) is 42.0 Å². The number of pyridine rings is 1. The lowest BCUT2D eigenvalue weighted by molar-refractivity contribution is -0.120. The third kappa shape index (κ3) is 4.15. The summed E-state index contributed by atoms with van der Waals surface area (Å²) in [6.45, 7) is 6.87. The predicted molar refractivity (Wildman–Crippen MR) is 117 cm³/mol. The molecule has 0 bridgehead atoms. The van der Waals surface area contributed by atoms with Gasteiger partial charge in [0, 0.05) is 24.3 Å². The summed E-state index contributed by atoms with van der Waals surface area (Å²) in [6, 6.07) is 9.06. The van der Waals surface area contributed by atoms with E-state index in [1.165, 1.54) is 6.92 Å². The van der Waals surface area contributed by atoms with Gasteiger partial charge in [-0.1, -0.05) is 12.1 Å². The second-order valence-corrected chi connectivity index (χ2v) is 7.84. The van der Waals surface area contributed by atoms with Crippen LogP contribution in [0.15, 0.2) is 36.5 Å². The number of benzene rings is 1. The molecule has 0 aliphatic carbocycles. The Bertz CT molecular complexity index is 1130. The first-order valence-electron chi connectivity index (χ1n) is 10.2. The summed E-state index contributed by atoms with van der Waals surface area (Å²) in [5, 5.41) is 2.97. The molecule has 7 heteroatoms. The topological polar surface area (TPSA) is 88.1 Å². The molecule has 1 N–H and O–H groups in total. The van der Waals surface area contributed by atoms with Crippen molar-refractivity contribution in [3.05, 3.63) is 53.5 Å². The van der Waals surface area contributed by atoms with Crippen molar-refractivity contribution in [2.24, 2.45) is 5.92 Å². The van der Waals surface area contributed by atoms with Crippen molar-refractivity contribution in [1.29, 1.82) is 0 Å². The molecule has 3 heterocycles.